The highest BCUT2D eigenvalue weighted by atomic mass is 16.3. The zero-order chi connectivity index (χ0) is 13.2. The molecule has 0 saturated heterocycles. The number of oxazole rings is 1. The van der Waals surface area contributed by atoms with Gasteiger partial charge in [0.25, 0.3) is 5.56 Å². The molecular weight excluding hydrogens is 240 g/mol. The summed E-state index contributed by atoms with van der Waals surface area (Å²) < 4.78 is 5.24. The van der Waals surface area contributed by atoms with Gasteiger partial charge in [-0.3, -0.25) is 4.79 Å². The van der Waals surface area contributed by atoms with Gasteiger partial charge in [-0.2, -0.15) is 0 Å². The second kappa shape index (κ2) is 4.57. The first-order chi connectivity index (χ1) is 9.24. The summed E-state index contributed by atoms with van der Waals surface area (Å²) in [7, 11) is 0. The molecule has 4 heteroatoms. The Bertz CT molecular complexity index is 741. The van der Waals surface area contributed by atoms with Crippen molar-refractivity contribution in [1.29, 1.82) is 0 Å². The van der Waals surface area contributed by atoms with Gasteiger partial charge in [0.2, 0.25) is 5.89 Å². The molecule has 0 spiro atoms. The second-order valence-corrected chi connectivity index (χ2v) is 4.33. The van der Waals surface area contributed by atoms with E-state index in [0.29, 0.717) is 11.5 Å². The lowest BCUT2D eigenvalue weighted by Gasteiger charge is -2.03. The molecule has 3 aromatic rings. The van der Waals surface area contributed by atoms with Gasteiger partial charge in [0, 0.05) is 11.8 Å². The third-order valence-electron chi connectivity index (χ3n) is 2.95. The molecule has 3 rings (SSSR count). The standard InChI is InChI=1S/C15H12N2O2/c1-10-2-4-11(5-3-10)13-8-12(9-17-14(13)18)15-16-6-7-19-15/h2-9H,1H3,(H,17,18). The summed E-state index contributed by atoms with van der Waals surface area (Å²) in [4.78, 5) is 18.7. The molecule has 0 atom stereocenters. The van der Waals surface area contributed by atoms with Crippen LogP contribution in [0.2, 0.25) is 0 Å². The lowest BCUT2D eigenvalue weighted by atomic mass is 10.0. The van der Waals surface area contributed by atoms with E-state index < -0.39 is 0 Å². The molecule has 2 heterocycles. The van der Waals surface area contributed by atoms with Crippen molar-refractivity contribution in [3.63, 3.8) is 0 Å². The van der Waals surface area contributed by atoms with Crippen molar-refractivity contribution in [3.05, 3.63) is 64.9 Å². The van der Waals surface area contributed by atoms with E-state index in [9.17, 15) is 4.79 Å². The smallest absolute Gasteiger partial charge is 0.255 e. The van der Waals surface area contributed by atoms with Gasteiger partial charge in [-0.05, 0) is 18.6 Å². The molecule has 0 radical (unpaired) electrons. The number of pyridine rings is 1. The van der Waals surface area contributed by atoms with E-state index >= 15 is 0 Å². The van der Waals surface area contributed by atoms with Gasteiger partial charge in [0.05, 0.1) is 11.8 Å². The maximum absolute atomic E-state index is 11.9. The van der Waals surface area contributed by atoms with Crippen molar-refractivity contribution in [2.75, 3.05) is 0 Å². The highest BCUT2D eigenvalue weighted by molar-refractivity contribution is 5.68. The molecular formula is C15H12N2O2. The highest BCUT2D eigenvalue weighted by Gasteiger charge is 2.08. The number of aromatic nitrogens is 2. The summed E-state index contributed by atoms with van der Waals surface area (Å²) in [5.41, 5.74) is 3.26. The first-order valence-electron chi connectivity index (χ1n) is 5.94. The van der Waals surface area contributed by atoms with Crippen LogP contribution < -0.4 is 5.56 Å². The van der Waals surface area contributed by atoms with Crippen LogP contribution in [-0.2, 0) is 0 Å². The van der Waals surface area contributed by atoms with Crippen molar-refractivity contribution in [2.45, 2.75) is 6.92 Å². The molecule has 0 saturated carbocycles. The largest absolute Gasteiger partial charge is 0.444 e. The molecule has 0 amide bonds. The fourth-order valence-electron chi connectivity index (χ4n) is 1.92. The summed E-state index contributed by atoms with van der Waals surface area (Å²) >= 11 is 0. The molecule has 0 unspecified atom stereocenters. The Morgan fingerprint density at radius 3 is 2.63 bits per heavy atom. The van der Waals surface area contributed by atoms with E-state index in [2.05, 4.69) is 9.97 Å². The zero-order valence-electron chi connectivity index (χ0n) is 10.4. The lowest BCUT2D eigenvalue weighted by molar-refractivity contribution is 0.574. The van der Waals surface area contributed by atoms with Crippen molar-refractivity contribution >= 4 is 0 Å². The van der Waals surface area contributed by atoms with Gasteiger partial charge in [-0.1, -0.05) is 29.8 Å². The maximum atomic E-state index is 11.9. The topological polar surface area (TPSA) is 58.9 Å². The number of nitrogens with zero attached hydrogens (tertiary/aromatic N) is 1. The van der Waals surface area contributed by atoms with Crippen LogP contribution in [0.4, 0.5) is 0 Å². The highest BCUT2D eigenvalue weighted by Crippen LogP contribution is 2.21. The SMILES string of the molecule is Cc1ccc(-c2cc(-c3ncco3)c[nH]c2=O)cc1. The third-order valence-corrected chi connectivity index (χ3v) is 2.95. The fourth-order valence-corrected chi connectivity index (χ4v) is 1.92. The van der Waals surface area contributed by atoms with Gasteiger partial charge in [-0.25, -0.2) is 4.98 Å². The fraction of sp³-hybridized carbons (Fsp3) is 0.0667. The average molecular weight is 252 g/mol. The van der Waals surface area contributed by atoms with E-state index in [1.165, 1.54) is 6.26 Å². The van der Waals surface area contributed by atoms with E-state index in [-0.39, 0.29) is 5.56 Å². The normalized spacial score (nSPS) is 10.6. The van der Waals surface area contributed by atoms with Gasteiger partial charge in [0.15, 0.2) is 0 Å². The number of hydrogen-bond acceptors (Lipinski definition) is 3. The molecule has 0 bridgehead atoms. The summed E-state index contributed by atoms with van der Waals surface area (Å²) in [6, 6.07) is 9.60. The van der Waals surface area contributed by atoms with Crippen LogP contribution in [0.5, 0.6) is 0 Å². The van der Waals surface area contributed by atoms with Crippen molar-refractivity contribution in [2.24, 2.45) is 0 Å². The van der Waals surface area contributed by atoms with Gasteiger partial charge < -0.3 is 9.40 Å². The molecule has 1 N–H and O–H groups in total. The van der Waals surface area contributed by atoms with Crippen molar-refractivity contribution in [1.82, 2.24) is 9.97 Å². The number of aromatic amines is 1. The zero-order valence-corrected chi connectivity index (χ0v) is 10.4. The Morgan fingerprint density at radius 1 is 1.16 bits per heavy atom. The maximum Gasteiger partial charge on any atom is 0.255 e. The molecule has 0 aliphatic heterocycles. The summed E-state index contributed by atoms with van der Waals surface area (Å²) in [5, 5.41) is 0. The molecule has 2 aromatic heterocycles. The monoisotopic (exact) mass is 252 g/mol. The van der Waals surface area contributed by atoms with E-state index in [4.69, 9.17) is 4.42 Å². The van der Waals surface area contributed by atoms with Gasteiger partial charge >= 0.3 is 0 Å². The molecule has 19 heavy (non-hydrogen) atoms. The minimum absolute atomic E-state index is 0.126. The molecule has 0 aliphatic rings. The number of nitrogens with one attached hydrogen (secondary N) is 1. The Morgan fingerprint density at radius 2 is 1.95 bits per heavy atom. The Balaban J connectivity index is 2.13. The number of rotatable bonds is 2. The second-order valence-electron chi connectivity index (χ2n) is 4.33. The number of hydrogen-bond donors (Lipinski definition) is 1. The van der Waals surface area contributed by atoms with Crippen LogP contribution in [-0.4, -0.2) is 9.97 Å². The Kier molecular flexibility index (Phi) is 2.76. The van der Waals surface area contributed by atoms with Crippen LogP contribution in [0.15, 0.2) is 58.2 Å². The third kappa shape index (κ3) is 2.20. The number of benzene rings is 1. The van der Waals surface area contributed by atoms with E-state index in [0.717, 1.165) is 16.7 Å². The minimum atomic E-state index is -0.126. The Labute approximate surface area is 109 Å². The van der Waals surface area contributed by atoms with Crippen LogP contribution in [0.3, 0.4) is 0 Å². The van der Waals surface area contributed by atoms with Crippen molar-refractivity contribution in [3.8, 4) is 22.6 Å². The Hall–Kier alpha value is -2.62. The first kappa shape index (κ1) is 11.5. The van der Waals surface area contributed by atoms with E-state index in [1.807, 2.05) is 31.2 Å². The van der Waals surface area contributed by atoms with Crippen LogP contribution in [0.1, 0.15) is 5.56 Å². The summed E-state index contributed by atoms with van der Waals surface area (Å²) in [6.07, 6.45) is 4.68. The molecule has 94 valence electrons. The molecule has 1 aromatic carbocycles. The predicted octanol–water partition coefficient (Wildman–Crippen LogP) is 3.01. The number of aryl methyl sites for hydroxylation is 1. The predicted molar refractivity (Wildman–Crippen MR) is 72.7 cm³/mol. The summed E-state index contributed by atoms with van der Waals surface area (Å²) in [5.74, 6) is 0.490. The molecule has 4 nitrogen and oxygen atoms in total. The van der Waals surface area contributed by atoms with Crippen molar-refractivity contribution < 1.29 is 4.42 Å². The van der Waals surface area contributed by atoms with Gasteiger partial charge in [-0.15, -0.1) is 0 Å². The number of H-pyrrole nitrogens is 1. The summed E-state index contributed by atoms with van der Waals surface area (Å²) in [6.45, 7) is 2.01. The quantitative estimate of drug-likeness (QED) is 0.762. The van der Waals surface area contributed by atoms with Crippen LogP contribution in [0.25, 0.3) is 22.6 Å². The average Bonchev–Trinajstić information content (AvgIpc) is 2.94. The first-order valence-corrected chi connectivity index (χ1v) is 5.94. The van der Waals surface area contributed by atoms with Crippen LogP contribution >= 0.6 is 0 Å². The van der Waals surface area contributed by atoms with E-state index in [1.54, 1.807) is 18.5 Å². The molecule has 0 fully saturated rings. The molecule has 0 aliphatic carbocycles. The van der Waals surface area contributed by atoms with Crippen LogP contribution in [0, 0.1) is 6.92 Å². The minimum Gasteiger partial charge on any atom is -0.444 e. The van der Waals surface area contributed by atoms with Gasteiger partial charge in [0.1, 0.15) is 6.26 Å². The lowest BCUT2D eigenvalue weighted by Crippen LogP contribution is -2.08.